The lowest BCUT2D eigenvalue weighted by Crippen LogP contribution is -2.15. The van der Waals surface area contributed by atoms with Gasteiger partial charge in [-0.2, -0.15) is 0 Å². The maximum absolute atomic E-state index is 11.8. The molecule has 4 rings (SSSR count). The van der Waals surface area contributed by atoms with Gasteiger partial charge in [0.1, 0.15) is 11.4 Å². The molecule has 1 aliphatic heterocycles. The molecular formula is C26H25N3O3. The first-order valence-electron chi connectivity index (χ1n) is 10.5. The third-order valence-corrected chi connectivity index (χ3v) is 5.40. The van der Waals surface area contributed by atoms with E-state index in [1.807, 2.05) is 63.2 Å². The van der Waals surface area contributed by atoms with Crippen molar-refractivity contribution in [2.24, 2.45) is 0 Å². The summed E-state index contributed by atoms with van der Waals surface area (Å²) in [5, 5.41) is 13.0. The van der Waals surface area contributed by atoms with Crippen molar-refractivity contribution in [3.63, 3.8) is 0 Å². The van der Waals surface area contributed by atoms with Crippen LogP contribution in [0.15, 0.2) is 61.3 Å². The summed E-state index contributed by atoms with van der Waals surface area (Å²) < 4.78 is 6.31. The van der Waals surface area contributed by atoms with Crippen molar-refractivity contribution in [2.45, 2.75) is 33.2 Å². The zero-order valence-electron chi connectivity index (χ0n) is 18.3. The van der Waals surface area contributed by atoms with E-state index in [9.17, 15) is 9.90 Å². The summed E-state index contributed by atoms with van der Waals surface area (Å²) in [5.41, 5.74) is 5.64. The highest BCUT2D eigenvalue weighted by atomic mass is 16.5. The topological polar surface area (TPSA) is 84.3 Å². The molecular weight excluding hydrogens is 402 g/mol. The third kappa shape index (κ3) is 4.12. The zero-order chi connectivity index (χ0) is 22.8. The van der Waals surface area contributed by atoms with Crippen molar-refractivity contribution < 1.29 is 14.6 Å². The van der Waals surface area contributed by atoms with Crippen LogP contribution in [0.4, 0.5) is 5.69 Å². The summed E-state index contributed by atoms with van der Waals surface area (Å²) in [4.78, 5) is 20.5. The van der Waals surface area contributed by atoms with Crippen LogP contribution in [-0.4, -0.2) is 21.0 Å². The van der Waals surface area contributed by atoms with Gasteiger partial charge in [0.05, 0.1) is 11.7 Å². The van der Waals surface area contributed by atoms with E-state index >= 15 is 0 Å². The normalized spacial score (nSPS) is 13.6. The Kier molecular flexibility index (Phi) is 5.77. The maximum Gasteiger partial charge on any atom is 0.356 e. The number of aromatic carboxylic acids is 1. The Bertz CT molecular complexity index is 1230. The van der Waals surface area contributed by atoms with Gasteiger partial charge < -0.3 is 15.2 Å². The highest BCUT2D eigenvalue weighted by Crippen LogP contribution is 2.42. The minimum Gasteiger partial charge on any atom is -0.476 e. The van der Waals surface area contributed by atoms with Gasteiger partial charge in [0.15, 0.2) is 11.5 Å². The molecule has 0 fully saturated rings. The molecule has 6 heteroatoms. The molecule has 0 aliphatic carbocycles. The molecule has 3 aromatic rings. The molecule has 1 unspecified atom stereocenters. The monoisotopic (exact) mass is 427 g/mol. The molecule has 0 bridgehead atoms. The van der Waals surface area contributed by atoms with Crippen LogP contribution >= 0.6 is 0 Å². The molecule has 2 aromatic heterocycles. The zero-order valence-corrected chi connectivity index (χ0v) is 18.3. The van der Waals surface area contributed by atoms with Crippen LogP contribution in [0.1, 0.15) is 58.5 Å². The first-order chi connectivity index (χ1) is 15.4. The number of carboxylic acid groups (broad SMARTS) is 1. The molecule has 6 nitrogen and oxygen atoms in total. The Labute approximate surface area is 187 Å². The summed E-state index contributed by atoms with van der Waals surface area (Å²) in [6, 6.07) is 13.1. The third-order valence-electron chi connectivity index (χ3n) is 5.40. The largest absolute Gasteiger partial charge is 0.476 e. The molecule has 0 saturated heterocycles. The van der Waals surface area contributed by atoms with E-state index in [0.717, 1.165) is 33.7 Å². The fraction of sp³-hybridized carbons (Fsp3) is 0.192. The number of nitrogens with zero attached hydrogens (tertiary/aromatic N) is 2. The average Bonchev–Trinajstić information content (AvgIpc) is 2.79. The Morgan fingerprint density at radius 1 is 1.25 bits per heavy atom. The quantitative estimate of drug-likeness (QED) is 0.528. The molecule has 0 spiro atoms. The summed E-state index contributed by atoms with van der Waals surface area (Å²) in [7, 11) is 0. The lowest BCUT2D eigenvalue weighted by Gasteiger charge is -2.26. The van der Waals surface area contributed by atoms with E-state index in [4.69, 9.17) is 4.74 Å². The predicted molar refractivity (Wildman–Crippen MR) is 126 cm³/mol. The highest BCUT2D eigenvalue weighted by Gasteiger charge is 2.25. The highest BCUT2D eigenvalue weighted by molar-refractivity contribution is 5.92. The molecule has 0 amide bonds. The molecule has 1 aromatic carbocycles. The number of anilines is 1. The SMILES string of the molecule is C=C1C=C(c2ccccn2)Oc2c1cc(C)cc2C(C)Nc1ccc(CC)nc1C(=O)O. The Morgan fingerprint density at radius 2 is 2.06 bits per heavy atom. The van der Waals surface area contributed by atoms with Crippen molar-refractivity contribution in [1.29, 1.82) is 0 Å². The van der Waals surface area contributed by atoms with Gasteiger partial charge in [-0.05, 0) is 67.8 Å². The predicted octanol–water partition coefficient (Wildman–Crippen LogP) is 5.67. The lowest BCUT2D eigenvalue weighted by atomic mass is 9.93. The number of carbonyl (C=O) groups is 1. The van der Waals surface area contributed by atoms with E-state index in [0.29, 0.717) is 23.6 Å². The first kappa shape index (κ1) is 21.3. The number of fused-ring (bicyclic) bond motifs is 1. The van der Waals surface area contributed by atoms with Crippen LogP contribution < -0.4 is 10.1 Å². The molecule has 1 atom stereocenters. The van der Waals surface area contributed by atoms with Crippen LogP contribution in [0.25, 0.3) is 11.3 Å². The number of ether oxygens (including phenoxy) is 1. The molecule has 32 heavy (non-hydrogen) atoms. The number of allylic oxidation sites excluding steroid dienone is 2. The molecule has 2 N–H and O–H groups in total. The number of nitrogens with one attached hydrogen (secondary N) is 1. The Hall–Kier alpha value is -3.93. The van der Waals surface area contributed by atoms with Gasteiger partial charge in [0.25, 0.3) is 0 Å². The minimum absolute atomic E-state index is 0.0112. The van der Waals surface area contributed by atoms with Crippen LogP contribution in [0.3, 0.4) is 0 Å². The maximum atomic E-state index is 11.8. The van der Waals surface area contributed by atoms with Crippen molar-refractivity contribution in [1.82, 2.24) is 9.97 Å². The van der Waals surface area contributed by atoms with E-state index in [1.165, 1.54) is 0 Å². The van der Waals surface area contributed by atoms with E-state index in [1.54, 1.807) is 12.3 Å². The number of benzene rings is 1. The molecule has 0 radical (unpaired) electrons. The Morgan fingerprint density at radius 3 is 2.75 bits per heavy atom. The number of pyridine rings is 2. The summed E-state index contributed by atoms with van der Waals surface area (Å²) in [6.07, 6.45) is 4.28. The molecule has 1 aliphatic rings. The van der Waals surface area contributed by atoms with Gasteiger partial charge in [-0.15, -0.1) is 0 Å². The number of carboxylic acids is 1. The molecule has 3 heterocycles. The van der Waals surface area contributed by atoms with Gasteiger partial charge >= 0.3 is 5.97 Å². The standard InChI is InChI=1S/C26H25N3O3/c1-5-18-9-10-22(24(29-18)26(30)31)28-17(4)20-13-15(2)12-19-16(3)14-23(32-25(19)20)21-8-6-7-11-27-21/h6-14,17,28H,3,5H2,1-2,4H3,(H,30,31). The van der Waals surface area contributed by atoms with Crippen molar-refractivity contribution in [2.75, 3.05) is 5.32 Å². The number of aromatic nitrogens is 2. The summed E-state index contributed by atoms with van der Waals surface area (Å²) >= 11 is 0. The fourth-order valence-electron chi connectivity index (χ4n) is 3.77. The smallest absolute Gasteiger partial charge is 0.356 e. The van der Waals surface area contributed by atoms with Crippen LogP contribution in [0, 0.1) is 6.92 Å². The fourth-order valence-corrected chi connectivity index (χ4v) is 3.77. The van der Waals surface area contributed by atoms with E-state index in [2.05, 4.69) is 21.9 Å². The second-order valence-electron chi connectivity index (χ2n) is 7.81. The lowest BCUT2D eigenvalue weighted by molar-refractivity contribution is 0.0691. The van der Waals surface area contributed by atoms with Crippen LogP contribution in [0.5, 0.6) is 5.75 Å². The Balaban J connectivity index is 1.72. The second kappa shape index (κ2) is 8.67. The van der Waals surface area contributed by atoms with Gasteiger partial charge in [0.2, 0.25) is 0 Å². The second-order valence-corrected chi connectivity index (χ2v) is 7.81. The van der Waals surface area contributed by atoms with Crippen molar-refractivity contribution in [3.05, 3.63) is 95.1 Å². The van der Waals surface area contributed by atoms with Crippen LogP contribution in [-0.2, 0) is 6.42 Å². The molecule has 162 valence electrons. The van der Waals surface area contributed by atoms with E-state index in [-0.39, 0.29) is 11.7 Å². The number of aryl methyl sites for hydroxylation is 2. The first-order valence-corrected chi connectivity index (χ1v) is 10.5. The number of rotatable bonds is 6. The average molecular weight is 428 g/mol. The van der Waals surface area contributed by atoms with E-state index < -0.39 is 5.97 Å². The summed E-state index contributed by atoms with van der Waals surface area (Å²) in [6.45, 7) is 10.2. The van der Waals surface area contributed by atoms with Gasteiger partial charge in [-0.25, -0.2) is 9.78 Å². The minimum atomic E-state index is -1.06. The van der Waals surface area contributed by atoms with Crippen molar-refractivity contribution >= 4 is 23.0 Å². The number of hydrogen-bond acceptors (Lipinski definition) is 5. The van der Waals surface area contributed by atoms with Crippen LogP contribution in [0.2, 0.25) is 0 Å². The van der Waals surface area contributed by atoms with Gasteiger partial charge in [-0.1, -0.05) is 25.6 Å². The van der Waals surface area contributed by atoms with Gasteiger partial charge in [-0.3, -0.25) is 4.98 Å². The van der Waals surface area contributed by atoms with Gasteiger partial charge in [0, 0.05) is 23.0 Å². The molecule has 0 saturated carbocycles. The summed E-state index contributed by atoms with van der Waals surface area (Å²) in [5.74, 6) is 0.255. The number of hydrogen-bond donors (Lipinski definition) is 2. The van der Waals surface area contributed by atoms with Crippen molar-refractivity contribution in [3.8, 4) is 5.75 Å².